The van der Waals surface area contributed by atoms with Gasteiger partial charge in [0.1, 0.15) is 6.61 Å². The Bertz CT molecular complexity index is 984. The van der Waals surface area contributed by atoms with Crippen LogP contribution in [-0.4, -0.2) is 41.0 Å². The number of ether oxygens (including phenoxy) is 2. The second kappa shape index (κ2) is 38.7. The molecule has 2 N–H and O–H groups in total. The number of allylic oxidation sites excluding steroid dienone is 8. The number of esters is 2. The summed E-state index contributed by atoms with van der Waals surface area (Å²) in [7, 11) is -4.75. The lowest BCUT2D eigenvalue weighted by atomic mass is 10.0. The molecule has 52 heavy (non-hydrogen) atoms. The average Bonchev–Trinajstić information content (AvgIpc) is 3.11. The van der Waals surface area contributed by atoms with Crippen molar-refractivity contribution in [2.45, 2.75) is 200 Å². The molecular formula is C43H77O8P. The average molecular weight is 753 g/mol. The Morgan fingerprint density at radius 3 is 1.38 bits per heavy atom. The van der Waals surface area contributed by atoms with Crippen LogP contribution >= 0.6 is 7.82 Å². The monoisotopic (exact) mass is 753 g/mol. The van der Waals surface area contributed by atoms with Gasteiger partial charge in [-0.2, -0.15) is 0 Å². The Balaban J connectivity index is 3.92. The van der Waals surface area contributed by atoms with Gasteiger partial charge in [-0.15, -0.1) is 0 Å². The van der Waals surface area contributed by atoms with Crippen molar-refractivity contribution < 1.29 is 37.9 Å². The molecule has 1 atom stereocenters. The second-order valence-corrected chi connectivity index (χ2v) is 15.2. The molecule has 0 aliphatic carbocycles. The van der Waals surface area contributed by atoms with Crippen LogP contribution in [0.1, 0.15) is 194 Å². The molecule has 8 nitrogen and oxygen atoms in total. The van der Waals surface area contributed by atoms with Crippen molar-refractivity contribution in [2.75, 3.05) is 13.2 Å². The fourth-order valence-electron chi connectivity index (χ4n) is 5.78. The number of carbonyl (C=O) groups is 2. The Morgan fingerprint density at radius 1 is 0.519 bits per heavy atom. The van der Waals surface area contributed by atoms with Crippen molar-refractivity contribution in [1.29, 1.82) is 0 Å². The maximum absolute atomic E-state index is 12.4. The Morgan fingerprint density at radius 2 is 0.923 bits per heavy atom. The Labute approximate surface area is 318 Å². The summed E-state index contributed by atoms with van der Waals surface area (Å²) in [6, 6.07) is 0. The summed E-state index contributed by atoms with van der Waals surface area (Å²) in [6.45, 7) is 3.57. The number of carbonyl (C=O) groups excluding carboxylic acids is 2. The van der Waals surface area contributed by atoms with Crippen LogP contribution in [0.4, 0.5) is 0 Å². The minimum atomic E-state index is -4.75. The third kappa shape index (κ3) is 40.8. The molecule has 302 valence electrons. The first-order valence-electron chi connectivity index (χ1n) is 20.9. The first-order valence-corrected chi connectivity index (χ1v) is 22.5. The van der Waals surface area contributed by atoms with E-state index in [0.29, 0.717) is 6.42 Å². The number of hydrogen-bond donors (Lipinski definition) is 2. The quantitative estimate of drug-likeness (QED) is 0.0277. The number of phosphoric acid groups is 1. The van der Waals surface area contributed by atoms with Crippen LogP contribution in [0, 0.1) is 0 Å². The van der Waals surface area contributed by atoms with Crippen LogP contribution in [0.25, 0.3) is 0 Å². The topological polar surface area (TPSA) is 119 Å². The molecule has 0 aromatic rings. The smallest absolute Gasteiger partial charge is 0.462 e. The zero-order valence-electron chi connectivity index (χ0n) is 33.2. The number of phosphoric ester groups is 1. The Kier molecular flexibility index (Phi) is 37.2. The van der Waals surface area contributed by atoms with E-state index in [4.69, 9.17) is 19.3 Å². The summed E-state index contributed by atoms with van der Waals surface area (Å²) in [5.74, 6) is -0.891. The highest BCUT2D eigenvalue weighted by atomic mass is 31.2. The fraction of sp³-hybridized carbons (Fsp3) is 0.767. The third-order valence-corrected chi connectivity index (χ3v) is 9.35. The van der Waals surface area contributed by atoms with Crippen molar-refractivity contribution >= 4 is 19.8 Å². The molecule has 0 aliphatic heterocycles. The van der Waals surface area contributed by atoms with Crippen LogP contribution in [0.3, 0.4) is 0 Å². The molecule has 0 saturated carbocycles. The summed E-state index contributed by atoms with van der Waals surface area (Å²) >= 11 is 0. The summed E-state index contributed by atoms with van der Waals surface area (Å²) < 4.78 is 26.4. The summed E-state index contributed by atoms with van der Waals surface area (Å²) in [6.07, 6.45) is 46.9. The summed E-state index contributed by atoms with van der Waals surface area (Å²) in [5.41, 5.74) is 0. The van der Waals surface area contributed by atoms with E-state index in [2.05, 4.69) is 67.0 Å². The van der Waals surface area contributed by atoms with Gasteiger partial charge in [0.25, 0.3) is 0 Å². The second-order valence-electron chi connectivity index (χ2n) is 13.9. The molecule has 0 amide bonds. The van der Waals surface area contributed by atoms with Gasteiger partial charge in [-0.3, -0.25) is 14.1 Å². The van der Waals surface area contributed by atoms with Crippen LogP contribution in [0.5, 0.6) is 0 Å². The highest BCUT2D eigenvalue weighted by Gasteiger charge is 2.22. The SMILES string of the molecule is CC/C=C\C/C=C\C/C=C\C/C=C\CCCCCCCCCCC(=O)OC(COC(=O)CCCCCCCCCCCCCCC)COP(=O)(O)O. The zero-order valence-corrected chi connectivity index (χ0v) is 34.1. The maximum atomic E-state index is 12.4. The van der Waals surface area contributed by atoms with Crippen molar-refractivity contribution in [3.05, 3.63) is 48.6 Å². The molecule has 0 aromatic heterocycles. The van der Waals surface area contributed by atoms with Gasteiger partial charge in [0.15, 0.2) is 6.10 Å². The summed E-state index contributed by atoms with van der Waals surface area (Å²) in [5, 5.41) is 0. The first kappa shape index (κ1) is 50.0. The predicted octanol–water partition coefficient (Wildman–Crippen LogP) is 12.7. The highest BCUT2D eigenvalue weighted by molar-refractivity contribution is 7.46. The largest absolute Gasteiger partial charge is 0.469 e. The molecule has 9 heteroatoms. The van der Waals surface area contributed by atoms with Gasteiger partial charge in [-0.25, -0.2) is 4.57 Å². The van der Waals surface area contributed by atoms with Gasteiger partial charge < -0.3 is 19.3 Å². The number of hydrogen-bond acceptors (Lipinski definition) is 6. The van der Waals surface area contributed by atoms with Crippen LogP contribution < -0.4 is 0 Å². The van der Waals surface area contributed by atoms with Gasteiger partial charge in [0.05, 0.1) is 6.61 Å². The standard InChI is InChI=1S/C43H77O8P/c1-3-5-7-9-11-13-15-17-18-19-20-21-22-23-24-26-28-30-32-34-36-38-43(45)51-41(40-50-52(46,47)48)39-49-42(44)37-35-33-31-29-27-25-16-14-12-10-8-6-4-2/h5,7,11,13,17-18,20-21,41H,3-4,6,8-10,12,14-16,19,22-40H2,1-2H3,(H2,46,47,48)/b7-5-,13-11-,18-17-,21-20-. The van der Waals surface area contributed by atoms with Gasteiger partial charge >= 0.3 is 19.8 Å². The van der Waals surface area contributed by atoms with E-state index in [0.717, 1.165) is 70.6 Å². The third-order valence-electron chi connectivity index (χ3n) is 8.86. The van der Waals surface area contributed by atoms with E-state index < -0.39 is 32.5 Å². The van der Waals surface area contributed by atoms with E-state index in [1.54, 1.807) is 0 Å². The van der Waals surface area contributed by atoms with Crippen LogP contribution in [0.2, 0.25) is 0 Å². The highest BCUT2D eigenvalue weighted by Crippen LogP contribution is 2.36. The molecule has 0 fully saturated rings. The van der Waals surface area contributed by atoms with Gasteiger partial charge in [-0.1, -0.05) is 178 Å². The molecule has 1 unspecified atom stereocenters. The van der Waals surface area contributed by atoms with Crippen molar-refractivity contribution in [3.63, 3.8) is 0 Å². The molecule has 0 bridgehead atoms. The lowest BCUT2D eigenvalue weighted by Gasteiger charge is -2.18. The predicted molar refractivity (Wildman–Crippen MR) is 216 cm³/mol. The molecule has 0 rings (SSSR count). The fourth-order valence-corrected chi connectivity index (χ4v) is 6.14. The van der Waals surface area contributed by atoms with Crippen molar-refractivity contribution in [2.24, 2.45) is 0 Å². The zero-order chi connectivity index (χ0) is 38.2. The molecule has 0 aliphatic rings. The molecule has 0 spiro atoms. The minimum Gasteiger partial charge on any atom is -0.462 e. The molecule has 0 radical (unpaired) electrons. The summed E-state index contributed by atoms with van der Waals surface area (Å²) in [4.78, 5) is 42.8. The molecular weight excluding hydrogens is 675 g/mol. The van der Waals surface area contributed by atoms with Crippen molar-refractivity contribution in [3.8, 4) is 0 Å². The van der Waals surface area contributed by atoms with Crippen LogP contribution in [0.15, 0.2) is 48.6 Å². The van der Waals surface area contributed by atoms with Gasteiger partial charge in [0, 0.05) is 12.8 Å². The maximum Gasteiger partial charge on any atom is 0.469 e. The number of unbranched alkanes of at least 4 members (excludes halogenated alkanes) is 20. The Hall–Kier alpha value is -1.99. The van der Waals surface area contributed by atoms with E-state index in [1.807, 2.05) is 0 Å². The normalized spacial score (nSPS) is 12.9. The van der Waals surface area contributed by atoms with E-state index >= 15 is 0 Å². The van der Waals surface area contributed by atoms with E-state index in [1.165, 1.54) is 89.9 Å². The lowest BCUT2D eigenvalue weighted by molar-refractivity contribution is -0.161. The van der Waals surface area contributed by atoms with Crippen molar-refractivity contribution in [1.82, 2.24) is 0 Å². The van der Waals surface area contributed by atoms with E-state index in [-0.39, 0.29) is 19.4 Å². The molecule has 0 heterocycles. The number of rotatable bonds is 38. The first-order chi connectivity index (χ1) is 25.3. The van der Waals surface area contributed by atoms with Gasteiger partial charge in [-0.05, 0) is 51.4 Å². The van der Waals surface area contributed by atoms with Crippen LogP contribution in [-0.2, 0) is 28.2 Å². The molecule has 0 saturated heterocycles. The van der Waals surface area contributed by atoms with E-state index in [9.17, 15) is 14.2 Å². The van der Waals surface area contributed by atoms with Gasteiger partial charge in [0.2, 0.25) is 0 Å². The minimum absolute atomic E-state index is 0.203. The molecule has 0 aromatic carbocycles. The lowest BCUT2D eigenvalue weighted by Crippen LogP contribution is -2.29.